The molecule has 9 nitrogen and oxygen atoms in total. The molecule has 4 rings (SSSR count). The van der Waals surface area contributed by atoms with Gasteiger partial charge in [0.05, 0.1) is 15.6 Å². The number of nitrogens with zero attached hydrogens (tertiary/aromatic N) is 1. The number of anilines is 2. The van der Waals surface area contributed by atoms with Crippen LogP contribution in [0.25, 0.3) is 0 Å². The van der Waals surface area contributed by atoms with E-state index in [1.807, 2.05) is 0 Å². The summed E-state index contributed by atoms with van der Waals surface area (Å²) in [6.07, 6.45) is 2.59. The fraction of sp³-hybridized carbons (Fsp3) is 0.0690. The highest BCUT2D eigenvalue weighted by Crippen LogP contribution is 2.24. The Morgan fingerprint density at radius 1 is 0.775 bits per heavy atom. The van der Waals surface area contributed by atoms with Gasteiger partial charge in [0.1, 0.15) is 6.04 Å². The standard InChI is InChI=1S/C29H22Cl2N4O5/c30-22-15-32-16-23(31)25(22)27(37)33-20-11-9-17(10-12-20)13-24(28(38)39)35-29(40)34-21-8-4-7-19(14-21)26(36)18-5-2-1-3-6-18/h1-12,14-16,24H,13H2,(H,33,37)(H,38,39)(H2,34,35,40)/t24-/m0/s1. The van der Waals surface area contributed by atoms with Crippen molar-refractivity contribution in [2.24, 2.45) is 0 Å². The van der Waals surface area contributed by atoms with Crippen molar-refractivity contribution in [3.05, 3.63) is 124 Å². The number of carbonyl (C=O) groups is 4. The molecule has 0 saturated heterocycles. The molecule has 1 heterocycles. The number of halogens is 2. The number of carbonyl (C=O) groups excluding carboxylic acids is 3. The van der Waals surface area contributed by atoms with Gasteiger partial charge >= 0.3 is 12.0 Å². The van der Waals surface area contributed by atoms with Gasteiger partial charge in [0.15, 0.2) is 5.78 Å². The van der Waals surface area contributed by atoms with Gasteiger partial charge in [0, 0.05) is 41.3 Å². The second kappa shape index (κ2) is 12.9. The Morgan fingerprint density at radius 2 is 1.43 bits per heavy atom. The number of rotatable bonds is 9. The molecule has 40 heavy (non-hydrogen) atoms. The number of urea groups is 1. The van der Waals surface area contributed by atoms with Crippen molar-refractivity contribution in [3.63, 3.8) is 0 Å². The van der Waals surface area contributed by atoms with E-state index in [1.165, 1.54) is 18.5 Å². The first-order valence-electron chi connectivity index (χ1n) is 11.9. The van der Waals surface area contributed by atoms with Crippen molar-refractivity contribution < 1.29 is 24.3 Å². The molecule has 0 fully saturated rings. The number of hydrogen-bond acceptors (Lipinski definition) is 5. The summed E-state index contributed by atoms with van der Waals surface area (Å²) in [6.45, 7) is 0. The number of nitrogens with one attached hydrogen (secondary N) is 3. The summed E-state index contributed by atoms with van der Waals surface area (Å²) in [7, 11) is 0. The molecular formula is C29H22Cl2N4O5. The predicted molar refractivity (Wildman–Crippen MR) is 152 cm³/mol. The van der Waals surface area contributed by atoms with Gasteiger partial charge in [-0.2, -0.15) is 0 Å². The van der Waals surface area contributed by atoms with E-state index < -0.39 is 23.9 Å². The third kappa shape index (κ3) is 7.22. The molecule has 1 atom stereocenters. The fourth-order valence-electron chi connectivity index (χ4n) is 3.80. The topological polar surface area (TPSA) is 137 Å². The highest BCUT2D eigenvalue weighted by molar-refractivity contribution is 6.40. The van der Waals surface area contributed by atoms with Gasteiger partial charge in [-0.15, -0.1) is 0 Å². The quantitative estimate of drug-likeness (QED) is 0.189. The number of amides is 3. The van der Waals surface area contributed by atoms with E-state index in [2.05, 4.69) is 20.9 Å². The summed E-state index contributed by atoms with van der Waals surface area (Å²) in [6, 6.07) is 19.5. The second-order valence-electron chi connectivity index (χ2n) is 8.60. The van der Waals surface area contributed by atoms with E-state index >= 15 is 0 Å². The fourth-order valence-corrected chi connectivity index (χ4v) is 4.34. The Hall–Kier alpha value is -4.73. The van der Waals surface area contributed by atoms with E-state index in [0.29, 0.717) is 28.1 Å². The molecule has 4 N–H and O–H groups in total. The summed E-state index contributed by atoms with van der Waals surface area (Å²) in [4.78, 5) is 53.5. The van der Waals surface area contributed by atoms with Crippen molar-refractivity contribution in [1.29, 1.82) is 0 Å². The number of aromatic nitrogens is 1. The van der Waals surface area contributed by atoms with Crippen molar-refractivity contribution >= 4 is 58.3 Å². The number of pyridine rings is 1. The SMILES string of the molecule is O=C(Nc1cccc(C(=O)c2ccccc2)c1)N[C@@H](Cc1ccc(NC(=O)c2c(Cl)cncc2Cl)cc1)C(=O)O. The molecule has 202 valence electrons. The molecule has 0 spiro atoms. The van der Waals surface area contributed by atoms with E-state index in [-0.39, 0.29) is 27.8 Å². The van der Waals surface area contributed by atoms with E-state index in [4.69, 9.17) is 23.2 Å². The van der Waals surface area contributed by atoms with Gasteiger partial charge in [0.2, 0.25) is 0 Å². The maximum Gasteiger partial charge on any atom is 0.326 e. The Bertz CT molecular complexity index is 1540. The highest BCUT2D eigenvalue weighted by Gasteiger charge is 2.21. The maximum atomic E-state index is 12.7. The highest BCUT2D eigenvalue weighted by atomic mass is 35.5. The van der Waals surface area contributed by atoms with Crippen LogP contribution >= 0.6 is 23.2 Å². The maximum absolute atomic E-state index is 12.7. The molecule has 3 aromatic carbocycles. The summed E-state index contributed by atoms with van der Waals surface area (Å²) in [5, 5.41) is 17.6. The lowest BCUT2D eigenvalue weighted by molar-refractivity contribution is -0.139. The summed E-state index contributed by atoms with van der Waals surface area (Å²) in [5.41, 5.74) is 2.32. The first-order chi connectivity index (χ1) is 19.2. The zero-order valence-corrected chi connectivity index (χ0v) is 22.2. The Labute approximate surface area is 239 Å². The molecule has 0 bridgehead atoms. The van der Waals surface area contributed by atoms with Crippen molar-refractivity contribution in [1.82, 2.24) is 10.3 Å². The van der Waals surface area contributed by atoms with Crippen molar-refractivity contribution in [3.8, 4) is 0 Å². The number of aliphatic carboxylic acids is 1. The number of carboxylic acids is 1. The van der Waals surface area contributed by atoms with Crippen LogP contribution in [0.5, 0.6) is 0 Å². The molecule has 0 unspecified atom stereocenters. The first-order valence-corrected chi connectivity index (χ1v) is 12.7. The Morgan fingerprint density at radius 3 is 2.08 bits per heavy atom. The van der Waals surface area contributed by atoms with Gasteiger partial charge in [-0.1, -0.05) is 77.8 Å². The lowest BCUT2D eigenvalue weighted by atomic mass is 10.0. The number of hydrogen-bond donors (Lipinski definition) is 4. The van der Waals surface area contributed by atoms with Crippen LogP contribution in [0.4, 0.5) is 16.2 Å². The van der Waals surface area contributed by atoms with E-state index in [0.717, 1.165) is 0 Å². The number of benzene rings is 3. The Kier molecular flexibility index (Phi) is 9.11. The number of carboxylic acid groups (broad SMARTS) is 1. The molecule has 0 saturated carbocycles. The summed E-state index contributed by atoms with van der Waals surface area (Å²) < 4.78 is 0. The molecule has 0 radical (unpaired) electrons. The Balaban J connectivity index is 1.37. The van der Waals surface area contributed by atoms with Crippen LogP contribution in [-0.4, -0.2) is 39.8 Å². The average molecular weight is 577 g/mol. The van der Waals surface area contributed by atoms with Crippen LogP contribution in [0, 0.1) is 0 Å². The lowest BCUT2D eigenvalue weighted by Gasteiger charge is -2.16. The zero-order valence-electron chi connectivity index (χ0n) is 20.7. The van der Waals surface area contributed by atoms with Crippen LogP contribution in [-0.2, 0) is 11.2 Å². The minimum atomic E-state index is -1.25. The summed E-state index contributed by atoms with van der Waals surface area (Å²) in [5.74, 6) is -1.97. The third-order valence-corrected chi connectivity index (χ3v) is 6.33. The average Bonchev–Trinajstić information content (AvgIpc) is 2.93. The molecular weight excluding hydrogens is 555 g/mol. The third-order valence-electron chi connectivity index (χ3n) is 5.75. The van der Waals surface area contributed by atoms with Gasteiger partial charge in [-0.25, -0.2) is 9.59 Å². The van der Waals surface area contributed by atoms with Crippen LogP contribution in [0.3, 0.4) is 0 Å². The van der Waals surface area contributed by atoms with Gasteiger partial charge in [0.25, 0.3) is 5.91 Å². The number of ketones is 1. The predicted octanol–water partition coefficient (Wildman–Crippen LogP) is 5.69. The normalized spacial score (nSPS) is 11.2. The van der Waals surface area contributed by atoms with Crippen LogP contribution in [0.1, 0.15) is 31.8 Å². The molecule has 1 aromatic heterocycles. The monoisotopic (exact) mass is 576 g/mol. The van der Waals surface area contributed by atoms with Gasteiger partial charge in [-0.05, 0) is 29.8 Å². The zero-order chi connectivity index (χ0) is 28.6. The van der Waals surface area contributed by atoms with Crippen molar-refractivity contribution in [2.45, 2.75) is 12.5 Å². The van der Waals surface area contributed by atoms with Gasteiger partial charge in [-0.3, -0.25) is 14.6 Å². The molecule has 0 aliphatic rings. The molecule has 4 aromatic rings. The van der Waals surface area contributed by atoms with Gasteiger partial charge < -0.3 is 21.1 Å². The molecule has 0 aliphatic heterocycles. The van der Waals surface area contributed by atoms with E-state index in [1.54, 1.807) is 72.8 Å². The van der Waals surface area contributed by atoms with E-state index in [9.17, 15) is 24.3 Å². The lowest BCUT2D eigenvalue weighted by Crippen LogP contribution is -2.44. The second-order valence-corrected chi connectivity index (χ2v) is 9.41. The van der Waals surface area contributed by atoms with Crippen LogP contribution < -0.4 is 16.0 Å². The van der Waals surface area contributed by atoms with Crippen LogP contribution in [0.2, 0.25) is 10.0 Å². The molecule has 0 aliphatic carbocycles. The van der Waals surface area contributed by atoms with Crippen molar-refractivity contribution in [2.75, 3.05) is 10.6 Å². The molecule has 11 heteroatoms. The molecule has 3 amide bonds. The summed E-state index contributed by atoms with van der Waals surface area (Å²) >= 11 is 12.0. The minimum Gasteiger partial charge on any atom is -0.480 e. The minimum absolute atomic E-state index is 0.0223. The van der Waals surface area contributed by atoms with Crippen LogP contribution in [0.15, 0.2) is 91.3 Å². The smallest absolute Gasteiger partial charge is 0.326 e. The first kappa shape index (κ1) is 28.3. The largest absolute Gasteiger partial charge is 0.480 e.